The normalized spacial score (nSPS) is 12.1. The van der Waals surface area contributed by atoms with Crippen molar-refractivity contribution in [2.24, 2.45) is 0 Å². The van der Waals surface area contributed by atoms with Gasteiger partial charge in [0.05, 0.1) is 5.69 Å². The van der Waals surface area contributed by atoms with Gasteiger partial charge in [0.1, 0.15) is 5.75 Å². The van der Waals surface area contributed by atoms with Crippen LogP contribution < -0.4 is 0 Å². The lowest BCUT2D eigenvalue weighted by molar-refractivity contribution is 0.468. The highest BCUT2D eigenvalue weighted by atomic mass is 16.3. The summed E-state index contributed by atoms with van der Waals surface area (Å²) in [4.78, 5) is 4.84. The molecule has 25 heavy (non-hydrogen) atoms. The van der Waals surface area contributed by atoms with Crippen LogP contribution in [0.4, 0.5) is 0 Å². The Morgan fingerprint density at radius 2 is 1.68 bits per heavy atom. The maximum Gasteiger partial charge on any atom is 0.128 e. The predicted octanol–water partition coefficient (Wildman–Crippen LogP) is 5.95. The molecule has 3 rings (SSSR count). The van der Waals surface area contributed by atoms with Gasteiger partial charge in [-0.25, -0.2) is 0 Å². The topological polar surface area (TPSA) is 33.1 Å². The van der Waals surface area contributed by atoms with E-state index < -0.39 is 0 Å². The standard InChI is InChI=1S/C23H25NO/c1-3-4-10-19-13-8-14-20(23(19)25)22-16-9-15-21(24-22)17(2)18-11-6-5-7-12-18/h5-9,11-17,25H,3-4,10H2,1-2H3. The Labute approximate surface area is 150 Å². The molecule has 1 unspecified atom stereocenters. The van der Waals surface area contributed by atoms with Crippen molar-refractivity contribution in [3.8, 4) is 17.0 Å². The minimum absolute atomic E-state index is 0.214. The molecule has 0 aliphatic heterocycles. The molecular formula is C23H25NO. The summed E-state index contributed by atoms with van der Waals surface area (Å²) < 4.78 is 0. The fraction of sp³-hybridized carbons (Fsp3) is 0.261. The molecule has 1 heterocycles. The molecule has 0 radical (unpaired) electrons. The van der Waals surface area contributed by atoms with Gasteiger partial charge in [0.25, 0.3) is 0 Å². The van der Waals surface area contributed by atoms with Gasteiger partial charge in [0.15, 0.2) is 0 Å². The van der Waals surface area contributed by atoms with Crippen LogP contribution in [0.25, 0.3) is 11.3 Å². The van der Waals surface area contributed by atoms with Crippen LogP contribution >= 0.6 is 0 Å². The number of aromatic nitrogens is 1. The molecule has 1 atom stereocenters. The van der Waals surface area contributed by atoms with E-state index in [2.05, 4.69) is 44.2 Å². The van der Waals surface area contributed by atoms with Crippen molar-refractivity contribution >= 4 is 0 Å². The molecule has 0 aliphatic rings. The third kappa shape index (κ3) is 3.90. The van der Waals surface area contributed by atoms with Gasteiger partial charge in [0, 0.05) is 17.2 Å². The third-order valence-corrected chi connectivity index (χ3v) is 4.71. The first-order chi connectivity index (χ1) is 12.2. The molecular weight excluding hydrogens is 306 g/mol. The molecule has 2 heteroatoms. The second kappa shape index (κ2) is 7.98. The summed E-state index contributed by atoms with van der Waals surface area (Å²) >= 11 is 0. The molecule has 0 spiro atoms. The molecule has 0 fully saturated rings. The molecule has 3 aromatic rings. The van der Waals surface area contributed by atoms with E-state index in [1.165, 1.54) is 5.56 Å². The van der Waals surface area contributed by atoms with E-state index in [4.69, 9.17) is 4.98 Å². The Morgan fingerprint density at radius 1 is 0.920 bits per heavy atom. The summed E-state index contributed by atoms with van der Waals surface area (Å²) in [6.07, 6.45) is 3.10. The van der Waals surface area contributed by atoms with Crippen LogP contribution in [0.2, 0.25) is 0 Å². The fourth-order valence-corrected chi connectivity index (χ4v) is 3.12. The Kier molecular flexibility index (Phi) is 5.49. The van der Waals surface area contributed by atoms with E-state index in [-0.39, 0.29) is 5.92 Å². The first-order valence-corrected chi connectivity index (χ1v) is 9.03. The molecule has 2 nitrogen and oxygen atoms in total. The highest BCUT2D eigenvalue weighted by molar-refractivity contribution is 5.69. The van der Waals surface area contributed by atoms with Crippen molar-refractivity contribution < 1.29 is 5.11 Å². The summed E-state index contributed by atoms with van der Waals surface area (Å²) in [6, 6.07) is 22.4. The van der Waals surface area contributed by atoms with Crippen LogP contribution in [0.15, 0.2) is 66.7 Å². The number of hydrogen-bond donors (Lipinski definition) is 1. The number of nitrogens with zero attached hydrogens (tertiary/aromatic N) is 1. The van der Waals surface area contributed by atoms with Crippen molar-refractivity contribution in [1.82, 2.24) is 4.98 Å². The molecule has 0 amide bonds. The first kappa shape index (κ1) is 17.2. The van der Waals surface area contributed by atoms with Gasteiger partial charge < -0.3 is 5.11 Å². The zero-order chi connectivity index (χ0) is 17.6. The maximum atomic E-state index is 10.7. The molecule has 2 aromatic carbocycles. The van der Waals surface area contributed by atoms with E-state index in [0.717, 1.165) is 41.8 Å². The van der Waals surface area contributed by atoms with Gasteiger partial charge in [-0.1, -0.05) is 68.8 Å². The number of pyridine rings is 1. The van der Waals surface area contributed by atoms with E-state index >= 15 is 0 Å². The predicted molar refractivity (Wildman–Crippen MR) is 104 cm³/mol. The number of aromatic hydroxyl groups is 1. The zero-order valence-electron chi connectivity index (χ0n) is 14.9. The van der Waals surface area contributed by atoms with E-state index in [0.29, 0.717) is 5.75 Å². The minimum Gasteiger partial charge on any atom is -0.507 e. The monoisotopic (exact) mass is 331 g/mol. The van der Waals surface area contributed by atoms with Crippen LogP contribution in [0.1, 0.15) is 49.4 Å². The summed E-state index contributed by atoms with van der Waals surface area (Å²) in [6.45, 7) is 4.33. The molecule has 1 aromatic heterocycles. The number of phenols is 1. The van der Waals surface area contributed by atoms with Gasteiger partial charge in [-0.15, -0.1) is 0 Å². The molecule has 0 bridgehead atoms. The van der Waals surface area contributed by atoms with Gasteiger partial charge in [-0.2, -0.15) is 0 Å². The minimum atomic E-state index is 0.214. The van der Waals surface area contributed by atoms with Gasteiger partial charge in [0.2, 0.25) is 0 Å². The summed E-state index contributed by atoms with van der Waals surface area (Å²) in [5, 5.41) is 10.7. The van der Waals surface area contributed by atoms with E-state index in [9.17, 15) is 5.11 Å². The van der Waals surface area contributed by atoms with Gasteiger partial charge in [-0.05, 0) is 42.2 Å². The summed E-state index contributed by atoms with van der Waals surface area (Å²) in [7, 11) is 0. The summed E-state index contributed by atoms with van der Waals surface area (Å²) in [5.41, 5.74) is 4.91. The van der Waals surface area contributed by atoms with Crippen molar-refractivity contribution in [1.29, 1.82) is 0 Å². The zero-order valence-corrected chi connectivity index (χ0v) is 14.9. The lowest BCUT2D eigenvalue weighted by Crippen LogP contribution is -2.00. The second-order valence-corrected chi connectivity index (χ2v) is 6.50. The van der Waals surface area contributed by atoms with Crippen LogP contribution in [-0.2, 0) is 6.42 Å². The number of aryl methyl sites for hydroxylation is 1. The molecule has 128 valence electrons. The van der Waals surface area contributed by atoms with E-state index in [1.807, 2.05) is 36.4 Å². The Hall–Kier alpha value is -2.61. The van der Waals surface area contributed by atoms with Crippen molar-refractivity contribution in [3.05, 3.63) is 83.6 Å². The average Bonchev–Trinajstić information content (AvgIpc) is 2.67. The van der Waals surface area contributed by atoms with Crippen molar-refractivity contribution in [3.63, 3.8) is 0 Å². The highest BCUT2D eigenvalue weighted by Gasteiger charge is 2.13. The van der Waals surface area contributed by atoms with Crippen molar-refractivity contribution in [2.45, 2.75) is 39.0 Å². The largest absolute Gasteiger partial charge is 0.507 e. The van der Waals surface area contributed by atoms with Crippen LogP contribution in [-0.4, -0.2) is 10.1 Å². The Morgan fingerprint density at radius 3 is 2.44 bits per heavy atom. The number of para-hydroxylation sites is 1. The average molecular weight is 331 g/mol. The third-order valence-electron chi connectivity index (χ3n) is 4.71. The number of unbranched alkanes of at least 4 members (excludes halogenated alkanes) is 1. The van der Waals surface area contributed by atoms with Crippen LogP contribution in [0.5, 0.6) is 5.75 Å². The van der Waals surface area contributed by atoms with Crippen molar-refractivity contribution in [2.75, 3.05) is 0 Å². The lowest BCUT2D eigenvalue weighted by atomic mass is 9.96. The van der Waals surface area contributed by atoms with Gasteiger partial charge in [-0.3, -0.25) is 4.98 Å². The van der Waals surface area contributed by atoms with Gasteiger partial charge >= 0.3 is 0 Å². The Balaban J connectivity index is 1.94. The van der Waals surface area contributed by atoms with E-state index in [1.54, 1.807) is 0 Å². The quantitative estimate of drug-likeness (QED) is 0.605. The lowest BCUT2D eigenvalue weighted by Gasteiger charge is -2.14. The maximum absolute atomic E-state index is 10.7. The number of rotatable bonds is 6. The molecule has 0 aliphatic carbocycles. The molecule has 0 saturated carbocycles. The number of hydrogen-bond acceptors (Lipinski definition) is 2. The number of phenolic OH excluding ortho intramolecular Hbond substituents is 1. The highest BCUT2D eigenvalue weighted by Crippen LogP contribution is 2.33. The summed E-state index contributed by atoms with van der Waals surface area (Å²) in [5.74, 6) is 0.583. The molecule has 1 N–H and O–H groups in total. The Bertz CT molecular complexity index is 827. The first-order valence-electron chi connectivity index (χ1n) is 9.03. The van der Waals surface area contributed by atoms with Crippen LogP contribution in [0.3, 0.4) is 0 Å². The smallest absolute Gasteiger partial charge is 0.128 e. The molecule has 0 saturated heterocycles. The SMILES string of the molecule is CCCCc1cccc(-c2cccc(C(C)c3ccccc3)n2)c1O. The fourth-order valence-electron chi connectivity index (χ4n) is 3.12. The number of benzene rings is 2. The second-order valence-electron chi connectivity index (χ2n) is 6.50. The van der Waals surface area contributed by atoms with Crippen LogP contribution in [0, 0.1) is 0 Å².